The molecule has 11 heavy (non-hydrogen) atoms. The second-order valence-corrected chi connectivity index (χ2v) is 4.18. The highest BCUT2D eigenvalue weighted by Crippen LogP contribution is 2.22. The summed E-state index contributed by atoms with van der Waals surface area (Å²) in [6, 6.07) is 0.516. The molecule has 1 unspecified atom stereocenters. The van der Waals surface area contributed by atoms with Crippen LogP contribution in [0.2, 0.25) is 0 Å². The Kier molecular flexibility index (Phi) is 3.40. The fraction of sp³-hybridized carbons (Fsp3) is 0.875. The number of hydrogen-bond acceptors (Lipinski definition) is 3. The summed E-state index contributed by atoms with van der Waals surface area (Å²) in [5, 5.41) is 4.47. The fourth-order valence-electron chi connectivity index (χ4n) is 1.09. The van der Waals surface area contributed by atoms with Crippen molar-refractivity contribution < 1.29 is 0 Å². The molecule has 64 valence electrons. The largest absolute Gasteiger partial charge is 0.318 e. The van der Waals surface area contributed by atoms with Gasteiger partial charge in [-0.3, -0.25) is 4.99 Å². The first-order chi connectivity index (χ1) is 5.24. The summed E-state index contributed by atoms with van der Waals surface area (Å²) < 4.78 is 0. The van der Waals surface area contributed by atoms with Gasteiger partial charge in [0, 0.05) is 18.2 Å². The lowest BCUT2D eigenvalue weighted by Gasteiger charge is -2.02. The summed E-state index contributed by atoms with van der Waals surface area (Å²) in [6.07, 6.45) is 0. The van der Waals surface area contributed by atoms with E-state index in [0.29, 0.717) is 12.0 Å². The minimum atomic E-state index is 0.516. The van der Waals surface area contributed by atoms with E-state index in [-0.39, 0.29) is 0 Å². The standard InChI is InChI=1S/C8H16N2S/c1-6(2)8-10-7(4-9-3)5-11-8/h6-7,9H,4-5H2,1-3H3. The van der Waals surface area contributed by atoms with Gasteiger partial charge in [0.2, 0.25) is 0 Å². The Labute approximate surface area is 72.9 Å². The molecule has 0 aromatic heterocycles. The molecule has 2 nitrogen and oxygen atoms in total. The highest BCUT2D eigenvalue weighted by molar-refractivity contribution is 8.14. The molecule has 0 aromatic carbocycles. The monoisotopic (exact) mass is 172 g/mol. The maximum atomic E-state index is 4.59. The van der Waals surface area contributed by atoms with E-state index in [1.54, 1.807) is 0 Å². The van der Waals surface area contributed by atoms with Crippen LogP contribution in [0, 0.1) is 5.92 Å². The van der Waals surface area contributed by atoms with Crippen LogP contribution in [0.15, 0.2) is 4.99 Å². The second kappa shape index (κ2) is 4.12. The predicted molar refractivity (Wildman–Crippen MR) is 52.4 cm³/mol. The third kappa shape index (κ3) is 2.49. The minimum Gasteiger partial charge on any atom is -0.318 e. The number of rotatable bonds is 3. The Hall–Kier alpha value is -0.0200. The molecule has 0 bridgehead atoms. The molecule has 0 aliphatic carbocycles. The topological polar surface area (TPSA) is 24.4 Å². The van der Waals surface area contributed by atoms with Gasteiger partial charge in [-0.25, -0.2) is 0 Å². The Morgan fingerprint density at radius 2 is 2.45 bits per heavy atom. The Morgan fingerprint density at radius 1 is 1.73 bits per heavy atom. The molecule has 0 spiro atoms. The maximum Gasteiger partial charge on any atom is 0.0727 e. The molecule has 1 atom stereocenters. The molecular formula is C8H16N2S. The van der Waals surface area contributed by atoms with Crippen molar-refractivity contribution in [1.29, 1.82) is 0 Å². The number of hydrogen-bond donors (Lipinski definition) is 1. The SMILES string of the molecule is CNCC1CSC(C(C)C)=N1. The van der Waals surface area contributed by atoms with Crippen molar-refractivity contribution in [2.24, 2.45) is 10.9 Å². The summed E-state index contributed by atoms with van der Waals surface area (Å²) in [5.74, 6) is 1.77. The zero-order valence-corrected chi connectivity index (χ0v) is 8.24. The van der Waals surface area contributed by atoms with E-state index in [2.05, 4.69) is 24.2 Å². The van der Waals surface area contributed by atoms with Crippen LogP contribution < -0.4 is 5.32 Å². The van der Waals surface area contributed by atoms with Crippen molar-refractivity contribution in [2.45, 2.75) is 19.9 Å². The second-order valence-electron chi connectivity index (χ2n) is 3.14. The van der Waals surface area contributed by atoms with Gasteiger partial charge in [0.1, 0.15) is 0 Å². The summed E-state index contributed by atoms with van der Waals surface area (Å²) in [4.78, 5) is 4.59. The highest BCUT2D eigenvalue weighted by atomic mass is 32.2. The van der Waals surface area contributed by atoms with Crippen LogP contribution >= 0.6 is 11.8 Å². The zero-order chi connectivity index (χ0) is 8.27. The normalized spacial score (nSPS) is 24.4. The quantitative estimate of drug-likeness (QED) is 0.695. The van der Waals surface area contributed by atoms with Gasteiger partial charge in [0.25, 0.3) is 0 Å². The lowest BCUT2D eigenvalue weighted by molar-refractivity contribution is 0.679. The molecule has 0 aromatic rings. The molecule has 0 amide bonds. The van der Waals surface area contributed by atoms with E-state index in [9.17, 15) is 0 Å². The Balaban J connectivity index is 2.41. The Morgan fingerprint density at radius 3 is 2.91 bits per heavy atom. The summed E-state index contributed by atoms with van der Waals surface area (Å²) in [5.41, 5.74) is 0. The van der Waals surface area contributed by atoms with Crippen LogP contribution in [0.5, 0.6) is 0 Å². The van der Waals surface area contributed by atoms with E-state index in [1.165, 1.54) is 5.04 Å². The number of nitrogens with one attached hydrogen (secondary N) is 1. The van der Waals surface area contributed by atoms with Crippen molar-refractivity contribution in [1.82, 2.24) is 5.32 Å². The molecular weight excluding hydrogens is 156 g/mol. The highest BCUT2D eigenvalue weighted by Gasteiger charge is 2.18. The maximum absolute atomic E-state index is 4.59. The van der Waals surface area contributed by atoms with E-state index < -0.39 is 0 Å². The van der Waals surface area contributed by atoms with Gasteiger partial charge in [0.15, 0.2) is 0 Å². The van der Waals surface area contributed by atoms with E-state index in [1.807, 2.05) is 18.8 Å². The molecule has 0 saturated carbocycles. The molecule has 0 saturated heterocycles. The lowest BCUT2D eigenvalue weighted by atomic mass is 10.2. The molecule has 3 heteroatoms. The molecule has 0 fully saturated rings. The molecule has 0 radical (unpaired) electrons. The van der Waals surface area contributed by atoms with E-state index in [4.69, 9.17) is 0 Å². The van der Waals surface area contributed by atoms with E-state index in [0.717, 1.165) is 12.3 Å². The predicted octanol–water partition coefficient (Wildman–Crippen LogP) is 1.38. The van der Waals surface area contributed by atoms with Gasteiger partial charge in [-0.05, 0) is 7.05 Å². The summed E-state index contributed by atoms with van der Waals surface area (Å²) in [6.45, 7) is 5.42. The number of thioether (sulfide) groups is 1. The van der Waals surface area contributed by atoms with Crippen LogP contribution in [-0.2, 0) is 0 Å². The van der Waals surface area contributed by atoms with Crippen molar-refractivity contribution in [3.63, 3.8) is 0 Å². The van der Waals surface area contributed by atoms with Gasteiger partial charge >= 0.3 is 0 Å². The van der Waals surface area contributed by atoms with Crippen LogP contribution in [0.25, 0.3) is 0 Å². The van der Waals surface area contributed by atoms with Gasteiger partial charge in [-0.15, -0.1) is 11.8 Å². The van der Waals surface area contributed by atoms with Gasteiger partial charge in [0.05, 0.1) is 11.1 Å². The Bertz CT molecular complexity index is 154. The number of likely N-dealkylation sites (N-methyl/N-ethyl adjacent to an activating group) is 1. The molecule has 1 heterocycles. The first kappa shape index (κ1) is 9.07. The third-order valence-electron chi connectivity index (χ3n) is 1.67. The lowest BCUT2D eigenvalue weighted by Crippen LogP contribution is -2.21. The average Bonchev–Trinajstić information content (AvgIpc) is 2.37. The fourth-order valence-corrected chi connectivity index (χ4v) is 2.20. The number of nitrogens with zero attached hydrogens (tertiary/aromatic N) is 1. The average molecular weight is 172 g/mol. The zero-order valence-electron chi connectivity index (χ0n) is 7.42. The summed E-state index contributed by atoms with van der Waals surface area (Å²) >= 11 is 1.91. The van der Waals surface area contributed by atoms with Crippen LogP contribution in [0.4, 0.5) is 0 Å². The first-order valence-electron chi connectivity index (χ1n) is 4.09. The van der Waals surface area contributed by atoms with Gasteiger partial charge in [-0.1, -0.05) is 13.8 Å². The molecule has 1 aliphatic rings. The van der Waals surface area contributed by atoms with Crippen LogP contribution in [0.3, 0.4) is 0 Å². The third-order valence-corrected chi connectivity index (χ3v) is 3.09. The van der Waals surface area contributed by atoms with Crippen molar-refractivity contribution >= 4 is 16.8 Å². The van der Waals surface area contributed by atoms with Gasteiger partial charge in [-0.2, -0.15) is 0 Å². The summed E-state index contributed by atoms with van der Waals surface area (Å²) in [7, 11) is 1.98. The van der Waals surface area contributed by atoms with Crippen LogP contribution in [0.1, 0.15) is 13.8 Å². The van der Waals surface area contributed by atoms with Gasteiger partial charge < -0.3 is 5.32 Å². The molecule has 1 N–H and O–H groups in total. The number of aliphatic imine (C=N–C) groups is 1. The van der Waals surface area contributed by atoms with Crippen molar-refractivity contribution in [2.75, 3.05) is 19.3 Å². The van der Waals surface area contributed by atoms with Crippen molar-refractivity contribution in [3.05, 3.63) is 0 Å². The minimum absolute atomic E-state index is 0.516. The van der Waals surface area contributed by atoms with Crippen molar-refractivity contribution in [3.8, 4) is 0 Å². The molecule has 1 aliphatic heterocycles. The van der Waals surface area contributed by atoms with E-state index >= 15 is 0 Å². The molecule has 1 rings (SSSR count). The smallest absolute Gasteiger partial charge is 0.0727 e. The first-order valence-corrected chi connectivity index (χ1v) is 5.07. The van der Waals surface area contributed by atoms with Crippen LogP contribution in [-0.4, -0.2) is 30.4 Å².